The molecule has 0 radical (unpaired) electrons. The molecule has 1 unspecified atom stereocenters. The van der Waals surface area contributed by atoms with Crippen LogP contribution in [0, 0.1) is 11.6 Å². The Morgan fingerprint density at radius 2 is 1.91 bits per heavy atom. The lowest BCUT2D eigenvalue weighted by atomic mass is 9.96. The van der Waals surface area contributed by atoms with Gasteiger partial charge < -0.3 is 15.5 Å². The summed E-state index contributed by atoms with van der Waals surface area (Å²) in [6.45, 7) is 2.78. The first-order chi connectivity index (χ1) is 15.1. The van der Waals surface area contributed by atoms with Crippen molar-refractivity contribution in [3.8, 4) is 11.1 Å². The predicted molar refractivity (Wildman–Crippen MR) is 109 cm³/mol. The van der Waals surface area contributed by atoms with E-state index in [-0.39, 0.29) is 22.2 Å². The highest BCUT2D eigenvalue weighted by molar-refractivity contribution is 6.03. The molecule has 3 heterocycles. The number of nitrogens with zero attached hydrogens (tertiary/aromatic N) is 2. The number of nitrogens with one attached hydrogen (secondary N) is 2. The van der Waals surface area contributed by atoms with Gasteiger partial charge in [-0.05, 0) is 50.4 Å². The Kier molecular flexibility index (Phi) is 5.83. The fraction of sp³-hybridized carbons (Fsp3) is 0.455. The molecular formula is C22H23F5N4O. The number of pyridine rings is 1. The molecule has 2 atom stereocenters. The lowest BCUT2D eigenvalue weighted by molar-refractivity contribution is -0.149. The number of alkyl halides is 3. The van der Waals surface area contributed by atoms with Crippen molar-refractivity contribution in [3.63, 3.8) is 0 Å². The number of halogens is 5. The SMILES string of the molecule is C[C@H](NC(=O)c1cncc(-c2cc(F)cc(F)c2)c1N1CCC2(CCCN2)C1)C(F)(F)F. The highest BCUT2D eigenvalue weighted by Crippen LogP contribution is 2.40. The molecule has 32 heavy (non-hydrogen) atoms. The van der Waals surface area contributed by atoms with Gasteiger partial charge in [-0.3, -0.25) is 9.78 Å². The average Bonchev–Trinajstić information content (AvgIpc) is 3.35. The second-order valence-electron chi connectivity index (χ2n) is 8.46. The van der Waals surface area contributed by atoms with Crippen molar-refractivity contribution in [2.24, 2.45) is 0 Å². The van der Waals surface area contributed by atoms with E-state index in [4.69, 9.17) is 0 Å². The van der Waals surface area contributed by atoms with Crippen molar-refractivity contribution >= 4 is 11.6 Å². The van der Waals surface area contributed by atoms with E-state index in [0.717, 1.165) is 50.9 Å². The Morgan fingerprint density at radius 3 is 2.53 bits per heavy atom. The van der Waals surface area contributed by atoms with E-state index in [1.165, 1.54) is 12.4 Å². The van der Waals surface area contributed by atoms with Gasteiger partial charge in [-0.25, -0.2) is 8.78 Å². The quantitative estimate of drug-likeness (QED) is 0.685. The van der Waals surface area contributed by atoms with Gasteiger partial charge in [0.2, 0.25) is 0 Å². The summed E-state index contributed by atoms with van der Waals surface area (Å²) in [7, 11) is 0. The molecular weight excluding hydrogens is 431 g/mol. The first-order valence-electron chi connectivity index (χ1n) is 10.4. The highest BCUT2D eigenvalue weighted by Gasteiger charge is 2.42. The maximum Gasteiger partial charge on any atom is 0.408 e. The van der Waals surface area contributed by atoms with Crippen molar-refractivity contribution in [1.82, 2.24) is 15.6 Å². The topological polar surface area (TPSA) is 57.3 Å². The summed E-state index contributed by atoms with van der Waals surface area (Å²) in [4.78, 5) is 18.8. The van der Waals surface area contributed by atoms with Crippen LogP contribution in [0.4, 0.5) is 27.6 Å². The smallest absolute Gasteiger partial charge is 0.368 e. The van der Waals surface area contributed by atoms with E-state index in [9.17, 15) is 26.7 Å². The molecule has 2 aliphatic rings. The lowest BCUT2D eigenvalue weighted by Gasteiger charge is -2.28. The Labute approximate surface area is 182 Å². The summed E-state index contributed by atoms with van der Waals surface area (Å²) in [5, 5.41) is 5.45. The third-order valence-electron chi connectivity index (χ3n) is 6.18. The van der Waals surface area contributed by atoms with Crippen LogP contribution in [0.5, 0.6) is 0 Å². The molecule has 1 spiro atoms. The van der Waals surface area contributed by atoms with Gasteiger partial charge in [0.05, 0.1) is 11.3 Å². The first-order valence-corrected chi connectivity index (χ1v) is 10.4. The van der Waals surface area contributed by atoms with Crippen LogP contribution in [0.1, 0.15) is 36.5 Å². The van der Waals surface area contributed by atoms with Gasteiger partial charge >= 0.3 is 6.18 Å². The van der Waals surface area contributed by atoms with E-state index in [1.807, 2.05) is 10.2 Å². The molecule has 2 fully saturated rings. The number of carbonyl (C=O) groups is 1. The highest BCUT2D eigenvalue weighted by atomic mass is 19.4. The molecule has 0 aliphatic carbocycles. The van der Waals surface area contributed by atoms with Crippen molar-refractivity contribution in [3.05, 3.63) is 47.8 Å². The second-order valence-corrected chi connectivity index (χ2v) is 8.46. The number of anilines is 1. The van der Waals surface area contributed by atoms with Crippen LogP contribution in [0.2, 0.25) is 0 Å². The molecule has 0 bridgehead atoms. The zero-order valence-electron chi connectivity index (χ0n) is 17.4. The Morgan fingerprint density at radius 1 is 1.19 bits per heavy atom. The Balaban J connectivity index is 1.79. The van der Waals surface area contributed by atoms with Crippen molar-refractivity contribution in [2.75, 3.05) is 24.5 Å². The molecule has 2 aromatic rings. The van der Waals surface area contributed by atoms with Crippen LogP contribution in [-0.2, 0) is 0 Å². The number of benzene rings is 1. The van der Waals surface area contributed by atoms with Crippen LogP contribution in [0.25, 0.3) is 11.1 Å². The Hall–Kier alpha value is -2.75. The summed E-state index contributed by atoms with van der Waals surface area (Å²) < 4.78 is 67.0. The van der Waals surface area contributed by atoms with Crippen molar-refractivity contribution < 1.29 is 26.7 Å². The third kappa shape index (κ3) is 4.41. The van der Waals surface area contributed by atoms with E-state index in [0.29, 0.717) is 18.8 Å². The minimum atomic E-state index is -4.61. The number of aromatic nitrogens is 1. The van der Waals surface area contributed by atoms with Gasteiger partial charge in [0.1, 0.15) is 17.7 Å². The fourth-order valence-corrected chi connectivity index (χ4v) is 4.52. The summed E-state index contributed by atoms with van der Waals surface area (Å²) in [6.07, 6.45) is 0.679. The standard InChI is InChI=1S/C22H23F5N4O/c1-13(22(25,26)27)30-20(32)18-11-28-10-17(14-7-15(23)9-16(24)8-14)19(18)31-6-4-21(12-31)3-2-5-29-21/h7-11,13,29H,2-6,12H2,1H3,(H,30,32)/t13-,21?/m0/s1. The molecule has 2 N–H and O–H groups in total. The van der Waals surface area contributed by atoms with E-state index in [2.05, 4.69) is 10.3 Å². The number of hydrogen-bond donors (Lipinski definition) is 2. The van der Waals surface area contributed by atoms with Crippen LogP contribution in [-0.4, -0.2) is 48.3 Å². The summed E-state index contributed by atoms with van der Waals surface area (Å²) in [5.41, 5.74) is 0.538. The van der Waals surface area contributed by atoms with Crippen LogP contribution in [0.3, 0.4) is 0 Å². The van der Waals surface area contributed by atoms with E-state index >= 15 is 0 Å². The fourth-order valence-electron chi connectivity index (χ4n) is 4.52. The summed E-state index contributed by atoms with van der Waals surface area (Å²) in [6, 6.07) is 0.886. The minimum absolute atomic E-state index is 0.0710. The summed E-state index contributed by atoms with van der Waals surface area (Å²) in [5.74, 6) is -2.56. The molecule has 4 rings (SSSR count). The van der Waals surface area contributed by atoms with E-state index < -0.39 is 29.8 Å². The number of hydrogen-bond acceptors (Lipinski definition) is 4. The Bertz CT molecular complexity index is 1000. The monoisotopic (exact) mass is 454 g/mol. The van der Waals surface area contributed by atoms with Gasteiger partial charge in [-0.1, -0.05) is 0 Å². The van der Waals surface area contributed by atoms with Gasteiger partial charge in [-0.15, -0.1) is 0 Å². The van der Waals surface area contributed by atoms with Crippen LogP contribution >= 0.6 is 0 Å². The molecule has 10 heteroatoms. The molecule has 0 saturated carbocycles. The molecule has 5 nitrogen and oxygen atoms in total. The first kappa shape index (κ1) is 22.4. The van der Waals surface area contributed by atoms with Gasteiger partial charge in [0, 0.05) is 42.7 Å². The maximum absolute atomic E-state index is 13.9. The second kappa shape index (κ2) is 8.31. The minimum Gasteiger partial charge on any atom is -0.368 e. The molecule has 2 saturated heterocycles. The molecule has 1 aromatic carbocycles. The van der Waals surface area contributed by atoms with E-state index in [1.54, 1.807) is 0 Å². The molecule has 1 amide bonds. The zero-order chi connectivity index (χ0) is 23.1. The van der Waals surface area contributed by atoms with Gasteiger partial charge in [0.15, 0.2) is 0 Å². The predicted octanol–water partition coefficient (Wildman–Crippen LogP) is 4.04. The van der Waals surface area contributed by atoms with Crippen LogP contribution in [0.15, 0.2) is 30.6 Å². The lowest BCUT2D eigenvalue weighted by Crippen LogP contribution is -2.44. The average molecular weight is 454 g/mol. The molecule has 1 aromatic heterocycles. The third-order valence-corrected chi connectivity index (χ3v) is 6.18. The van der Waals surface area contributed by atoms with Gasteiger partial charge in [-0.2, -0.15) is 13.2 Å². The van der Waals surface area contributed by atoms with Crippen molar-refractivity contribution in [2.45, 2.75) is 43.9 Å². The largest absolute Gasteiger partial charge is 0.408 e. The summed E-state index contributed by atoms with van der Waals surface area (Å²) >= 11 is 0. The molecule has 172 valence electrons. The van der Waals surface area contributed by atoms with Crippen LogP contribution < -0.4 is 15.5 Å². The molecule has 2 aliphatic heterocycles. The number of carbonyl (C=O) groups excluding carboxylic acids is 1. The number of rotatable bonds is 4. The number of amides is 1. The maximum atomic E-state index is 13.9. The normalized spacial score (nSPS) is 21.9. The van der Waals surface area contributed by atoms with Gasteiger partial charge in [0.25, 0.3) is 5.91 Å². The zero-order valence-corrected chi connectivity index (χ0v) is 17.4. The van der Waals surface area contributed by atoms with Crippen molar-refractivity contribution in [1.29, 1.82) is 0 Å².